The standard InChI is InChI=1S/C12H26N2OS/c1-11(2)10-14(8-6-12(13)16)7-4-3-5-9-15/h11,15H,3-10H2,1-2H3,(H2,13,16). The molecule has 0 rings (SSSR count). The summed E-state index contributed by atoms with van der Waals surface area (Å²) in [6.45, 7) is 7.90. The van der Waals surface area contributed by atoms with Crippen LogP contribution in [0.4, 0.5) is 0 Å². The average Bonchev–Trinajstić information content (AvgIpc) is 2.19. The van der Waals surface area contributed by atoms with Crippen LogP contribution in [0.5, 0.6) is 0 Å². The van der Waals surface area contributed by atoms with Crippen molar-refractivity contribution in [2.45, 2.75) is 39.5 Å². The van der Waals surface area contributed by atoms with Crippen molar-refractivity contribution >= 4 is 17.2 Å². The van der Waals surface area contributed by atoms with Crippen molar-refractivity contribution in [2.75, 3.05) is 26.2 Å². The molecule has 96 valence electrons. The first-order valence-electron chi connectivity index (χ1n) is 6.17. The van der Waals surface area contributed by atoms with Gasteiger partial charge in [-0.3, -0.25) is 0 Å². The van der Waals surface area contributed by atoms with Gasteiger partial charge in [0.25, 0.3) is 0 Å². The maximum atomic E-state index is 8.71. The van der Waals surface area contributed by atoms with Crippen molar-refractivity contribution in [1.29, 1.82) is 0 Å². The van der Waals surface area contributed by atoms with Crippen molar-refractivity contribution in [2.24, 2.45) is 11.7 Å². The Kier molecular flexibility index (Phi) is 9.88. The summed E-state index contributed by atoms with van der Waals surface area (Å²) in [5.41, 5.74) is 5.52. The van der Waals surface area contributed by atoms with Gasteiger partial charge in [0.15, 0.2) is 0 Å². The van der Waals surface area contributed by atoms with E-state index in [-0.39, 0.29) is 0 Å². The van der Waals surface area contributed by atoms with Gasteiger partial charge in [0.2, 0.25) is 0 Å². The Morgan fingerprint density at radius 2 is 1.94 bits per heavy atom. The van der Waals surface area contributed by atoms with E-state index >= 15 is 0 Å². The molecule has 0 aromatic heterocycles. The Labute approximate surface area is 105 Å². The lowest BCUT2D eigenvalue weighted by Crippen LogP contribution is -2.32. The molecule has 0 aliphatic heterocycles. The number of aliphatic hydroxyl groups is 1. The molecule has 16 heavy (non-hydrogen) atoms. The predicted molar refractivity (Wildman–Crippen MR) is 73.6 cm³/mol. The highest BCUT2D eigenvalue weighted by molar-refractivity contribution is 7.80. The largest absolute Gasteiger partial charge is 0.396 e. The minimum Gasteiger partial charge on any atom is -0.396 e. The second-order valence-corrected chi connectivity index (χ2v) is 5.22. The predicted octanol–water partition coefficient (Wildman–Crippen LogP) is 1.78. The molecule has 0 fully saturated rings. The third-order valence-electron chi connectivity index (χ3n) is 2.43. The van der Waals surface area contributed by atoms with Gasteiger partial charge in [0, 0.05) is 26.1 Å². The maximum absolute atomic E-state index is 8.71. The average molecular weight is 246 g/mol. The van der Waals surface area contributed by atoms with E-state index in [1.807, 2.05) is 0 Å². The lowest BCUT2D eigenvalue weighted by Gasteiger charge is -2.24. The van der Waals surface area contributed by atoms with Gasteiger partial charge in [0.05, 0.1) is 4.99 Å². The van der Waals surface area contributed by atoms with Gasteiger partial charge in [-0.15, -0.1) is 0 Å². The summed E-state index contributed by atoms with van der Waals surface area (Å²) in [5.74, 6) is 0.671. The quantitative estimate of drug-likeness (QED) is 0.456. The van der Waals surface area contributed by atoms with Gasteiger partial charge in [-0.25, -0.2) is 0 Å². The molecule has 0 radical (unpaired) electrons. The number of rotatable bonds is 10. The van der Waals surface area contributed by atoms with Crippen LogP contribution in [0.15, 0.2) is 0 Å². The van der Waals surface area contributed by atoms with E-state index in [2.05, 4.69) is 18.7 Å². The van der Waals surface area contributed by atoms with Crippen LogP contribution in [0.1, 0.15) is 39.5 Å². The fourth-order valence-corrected chi connectivity index (χ4v) is 1.79. The highest BCUT2D eigenvalue weighted by Gasteiger charge is 2.07. The fraction of sp³-hybridized carbons (Fsp3) is 0.917. The molecular weight excluding hydrogens is 220 g/mol. The van der Waals surface area contributed by atoms with E-state index in [1.54, 1.807) is 0 Å². The molecule has 0 spiro atoms. The number of unbranched alkanes of at least 4 members (excludes halogenated alkanes) is 2. The van der Waals surface area contributed by atoms with Gasteiger partial charge in [0.1, 0.15) is 0 Å². The molecule has 3 nitrogen and oxygen atoms in total. The van der Waals surface area contributed by atoms with Crippen molar-refractivity contribution in [3.05, 3.63) is 0 Å². The van der Waals surface area contributed by atoms with E-state index in [0.717, 1.165) is 45.3 Å². The van der Waals surface area contributed by atoms with E-state index < -0.39 is 0 Å². The van der Waals surface area contributed by atoms with Gasteiger partial charge < -0.3 is 15.7 Å². The monoisotopic (exact) mass is 246 g/mol. The minimum atomic E-state index is 0.303. The summed E-state index contributed by atoms with van der Waals surface area (Å²) in [6, 6.07) is 0. The summed E-state index contributed by atoms with van der Waals surface area (Å²) >= 11 is 4.90. The summed E-state index contributed by atoms with van der Waals surface area (Å²) in [5, 5.41) is 8.71. The molecule has 0 heterocycles. The summed E-state index contributed by atoms with van der Waals surface area (Å²) in [6.07, 6.45) is 3.95. The normalized spacial score (nSPS) is 11.3. The zero-order valence-corrected chi connectivity index (χ0v) is 11.4. The third-order valence-corrected chi connectivity index (χ3v) is 2.63. The van der Waals surface area contributed by atoms with Gasteiger partial charge in [-0.1, -0.05) is 26.1 Å². The molecule has 0 saturated carbocycles. The first-order chi connectivity index (χ1) is 7.56. The van der Waals surface area contributed by atoms with Crippen LogP contribution in [0.2, 0.25) is 0 Å². The summed E-state index contributed by atoms with van der Waals surface area (Å²) in [4.78, 5) is 3.02. The smallest absolute Gasteiger partial charge is 0.0740 e. The lowest BCUT2D eigenvalue weighted by atomic mass is 10.1. The maximum Gasteiger partial charge on any atom is 0.0740 e. The van der Waals surface area contributed by atoms with Crippen molar-refractivity contribution in [3.8, 4) is 0 Å². The molecule has 0 aromatic rings. The van der Waals surface area contributed by atoms with Crippen molar-refractivity contribution < 1.29 is 5.11 Å². The fourth-order valence-electron chi connectivity index (χ4n) is 1.70. The Bertz CT molecular complexity index is 186. The number of nitrogens with zero attached hydrogens (tertiary/aromatic N) is 1. The number of hydrogen-bond donors (Lipinski definition) is 2. The second kappa shape index (κ2) is 10.00. The summed E-state index contributed by atoms with van der Waals surface area (Å²) < 4.78 is 0. The number of thiocarbonyl (C=S) groups is 1. The summed E-state index contributed by atoms with van der Waals surface area (Å²) in [7, 11) is 0. The number of aliphatic hydroxyl groups excluding tert-OH is 1. The van der Waals surface area contributed by atoms with Gasteiger partial charge >= 0.3 is 0 Å². The first-order valence-corrected chi connectivity index (χ1v) is 6.58. The molecular formula is C12H26N2OS. The molecule has 0 aliphatic rings. The van der Waals surface area contributed by atoms with E-state index in [4.69, 9.17) is 23.1 Å². The zero-order valence-electron chi connectivity index (χ0n) is 10.6. The Morgan fingerprint density at radius 3 is 2.44 bits per heavy atom. The van der Waals surface area contributed by atoms with Gasteiger partial charge in [-0.05, 0) is 31.7 Å². The third kappa shape index (κ3) is 10.3. The number of nitrogens with two attached hydrogens (primary N) is 1. The van der Waals surface area contributed by atoms with Crippen LogP contribution in [0.25, 0.3) is 0 Å². The molecule has 0 amide bonds. The molecule has 0 saturated heterocycles. The highest BCUT2D eigenvalue weighted by Crippen LogP contribution is 2.04. The van der Waals surface area contributed by atoms with E-state index in [1.165, 1.54) is 0 Å². The molecule has 0 aromatic carbocycles. The van der Waals surface area contributed by atoms with Crippen LogP contribution >= 0.6 is 12.2 Å². The molecule has 3 N–H and O–H groups in total. The lowest BCUT2D eigenvalue weighted by molar-refractivity contribution is 0.237. The molecule has 0 bridgehead atoms. The molecule has 0 atom stereocenters. The van der Waals surface area contributed by atoms with Crippen LogP contribution in [0.3, 0.4) is 0 Å². The highest BCUT2D eigenvalue weighted by atomic mass is 32.1. The van der Waals surface area contributed by atoms with Crippen LogP contribution in [-0.4, -0.2) is 41.2 Å². The topological polar surface area (TPSA) is 49.5 Å². The minimum absolute atomic E-state index is 0.303. The Hall–Kier alpha value is -0.190. The molecule has 0 aliphatic carbocycles. The SMILES string of the molecule is CC(C)CN(CCCCCO)CCC(N)=S. The molecule has 0 unspecified atom stereocenters. The Morgan fingerprint density at radius 1 is 1.25 bits per heavy atom. The van der Waals surface area contributed by atoms with Crippen LogP contribution in [0, 0.1) is 5.92 Å². The number of hydrogen-bond acceptors (Lipinski definition) is 3. The van der Waals surface area contributed by atoms with E-state index in [9.17, 15) is 0 Å². The van der Waals surface area contributed by atoms with Crippen molar-refractivity contribution in [3.63, 3.8) is 0 Å². The van der Waals surface area contributed by atoms with Gasteiger partial charge in [-0.2, -0.15) is 0 Å². The zero-order chi connectivity index (χ0) is 12.4. The molecule has 4 heteroatoms. The van der Waals surface area contributed by atoms with E-state index in [0.29, 0.717) is 17.5 Å². The van der Waals surface area contributed by atoms with Crippen LogP contribution < -0.4 is 5.73 Å². The first kappa shape index (κ1) is 15.8. The van der Waals surface area contributed by atoms with Crippen LogP contribution in [-0.2, 0) is 0 Å². The Balaban J connectivity index is 3.76. The second-order valence-electron chi connectivity index (χ2n) is 4.70. The van der Waals surface area contributed by atoms with Crippen molar-refractivity contribution in [1.82, 2.24) is 4.90 Å².